The van der Waals surface area contributed by atoms with Crippen LogP contribution in [0.5, 0.6) is 0 Å². The van der Waals surface area contributed by atoms with Crippen molar-refractivity contribution >= 4 is 35.1 Å². The highest BCUT2D eigenvalue weighted by molar-refractivity contribution is 8.00. The van der Waals surface area contributed by atoms with Gasteiger partial charge in [0, 0.05) is 37.9 Å². The molecule has 1 heterocycles. The third-order valence-electron chi connectivity index (χ3n) is 6.61. The van der Waals surface area contributed by atoms with Crippen LogP contribution in [0, 0.1) is 0 Å². The van der Waals surface area contributed by atoms with Gasteiger partial charge in [-0.3, -0.25) is 0 Å². The van der Waals surface area contributed by atoms with E-state index in [-0.39, 0.29) is 0 Å². The summed E-state index contributed by atoms with van der Waals surface area (Å²) in [5.74, 6) is 0. The van der Waals surface area contributed by atoms with Gasteiger partial charge in [-0.2, -0.15) is 0 Å². The van der Waals surface area contributed by atoms with Gasteiger partial charge in [-0.1, -0.05) is 91.2 Å². The average molecular weight is 480 g/mol. The second kappa shape index (κ2) is 10.7. The summed E-state index contributed by atoms with van der Waals surface area (Å²) in [6.45, 7) is 1.02. The van der Waals surface area contributed by atoms with E-state index < -0.39 is 0 Å². The molecule has 0 aromatic heterocycles. The summed E-state index contributed by atoms with van der Waals surface area (Å²) in [6.07, 6.45) is 7.78. The standard InChI is InChI=1S/C28H30ClNS2/c29-22-15-16-25-21(17-22)18-27(24-13-7-8-14-26(24)31-25)32-28(20-9-3-1-4-10-20)19-30-23-11-5-2-6-12-23/h1,3-4,7-10,13-17,23,27-28,30H,2,5-6,11-12,18-19H2/t27-,28+/m0/s1. The summed E-state index contributed by atoms with van der Waals surface area (Å²) in [6, 6.07) is 27.1. The first-order valence-corrected chi connectivity index (χ1v) is 13.9. The SMILES string of the molecule is Clc1ccc2c(c1)C[C@H](S[C@H](CNC1CCCCC1)c1ccccc1)c1ccccc1S2. The molecule has 0 bridgehead atoms. The first-order valence-electron chi connectivity index (χ1n) is 11.8. The maximum Gasteiger partial charge on any atom is 0.0428 e. The van der Waals surface area contributed by atoms with Gasteiger partial charge in [0.2, 0.25) is 0 Å². The van der Waals surface area contributed by atoms with Crippen LogP contribution in [-0.2, 0) is 6.42 Å². The number of nitrogens with one attached hydrogen (secondary N) is 1. The van der Waals surface area contributed by atoms with Crippen molar-refractivity contribution in [1.29, 1.82) is 0 Å². The quantitative estimate of drug-likeness (QED) is 0.380. The van der Waals surface area contributed by atoms with Crippen LogP contribution >= 0.6 is 35.1 Å². The fraction of sp³-hybridized carbons (Fsp3) is 0.357. The van der Waals surface area contributed by atoms with Crippen LogP contribution < -0.4 is 5.32 Å². The fourth-order valence-electron chi connectivity index (χ4n) is 4.89. The molecule has 4 heteroatoms. The molecule has 0 amide bonds. The monoisotopic (exact) mass is 479 g/mol. The molecule has 0 spiro atoms. The summed E-state index contributed by atoms with van der Waals surface area (Å²) in [4.78, 5) is 2.71. The van der Waals surface area contributed by atoms with Gasteiger partial charge in [0.05, 0.1) is 0 Å². The Kier molecular flexibility index (Phi) is 7.49. The van der Waals surface area contributed by atoms with Crippen molar-refractivity contribution in [2.24, 2.45) is 0 Å². The molecule has 3 aromatic carbocycles. The van der Waals surface area contributed by atoms with Crippen LogP contribution in [0.4, 0.5) is 0 Å². The molecule has 1 aliphatic heterocycles. The molecule has 1 nitrogen and oxygen atoms in total. The highest BCUT2D eigenvalue weighted by atomic mass is 35.5. The Morgan fingerprint density at radius 1 is 0.906 bits per heavy atom. The molecule has 1 saturated carbocycles. The molecule has 2 atom stereocenters. The molecule has 0 radical (unpaired) electrons. The lowest BCUT2D eigenvalue weighted by molar-refractivity contribution is 0.374. The van der Waals surface area contributed by atoms with Crippen LogP contribution in [0.15, 0.2) is 82.6 Å². The Balaban J connectivity index is 1.43. The van der Waals surface area contributed by atoms with Crippen molar-refractivity contribution in [3.63, 3.8) is 0 Å². The highest BCUT2D eigenvalue weighted by Crippen LogP contribution is 2.49. The van der Waals surface area contributed by atoms with Gasteiger partial charge in [0.1, 0.15) is 0 Å². The summed E-state index contributed by atoms with van der Waals surface area (Å²) in [5.41, 5.74) is 4.23. The van der Waals surface area contributed by atoms with Gasteiger partial charge in [0.25, 0.3) is 0 Å². The number of rotatable bonds is 6. The van der Waals surface area contributed by atoms with Crippen molar-refractivity contribution in [1.82, 2.24) is 5.32 Å². The zero-order chi connectivity index (χ0) is 21.8. The Morgan fingerprint density at radius 2 is 1.69 bits per heavy atom. The lowest BCUT2D eigenvalue weighted by atomic mass is 9.95. The van der Waals surface area contributed by atoms with E-state index in [0.717, 1.165) is 18.0 Å². The van der Waals surface area contributed by atoms with E-state index in [1.165, 1.54) is 58.6 Å². The molecule has 1 fully saturated rings. The third-order valence-corrected chi connectivity index (χ3v) is 9.57. The Labute approximate surface area is 205 Å². The topological polar surface area (TPSA) is 12.0 Å². The number of thioether (sulfide) groups is 1. The first kappa shape index (κ1) is 22.4. The predicted octanol–water partition coefficient (Wildman–Crippen LogP) is 8.49. The second-order valence-corrected chi connectivity index (χ2v) is 11.8. The van der Waals surface area contributed by atoms with Crippen molar-refractivity contribution in [2.75, 3.05) is 6.54 Å². The Morgan fingerprint density at radius 3 is 2.53 bits per heavy atom. The van der Waals surface area contributed by atoms with Crippen LogP contribution in [0.25, 0.3) is 0 Å². The average Bonchev–Trinajstić information content (AvgIpc) is 2.99. The van der Waals surface area contributed by atoms with Crippen LogP contribution in [0.2, 0.25) is 5.02 Å². The second-order valence-electron chi connectivity index (χ2n) is 8.86. The third kappa shape index (κ3) is 5.39. The van der Waals surface area contributed by atoms with E-state index in [1.807, 2.05) is 17.8 Å². The maximum absolute atomic E-state index is 6.40. The van der Waals surface area contributed by atoms with Gasteiger partial charge in [-0.05, 0) is 60.2 Å². The summed E-state index contributed by atoms with van der Waals surface area (Å²) in [7, 11) is 0. The first-order chi connectivity index (χ1) is 15.8. The molecule has 2 aliphatic rings. The number of hydrogen-bond donors (Lipinski definition) is 1. The number of hydrogen-bond acceptors (Lipinski definition) is 3. The van der Waals surface area contributed by atoms with Crippen molar-refractivity contribution in [2.45, 2.75) is 64.9 Å². The Hall–Kier alpha value is -1.39. The van der Waals surface area contributed by atoms with E-state index in [0.29, 0.717) is 16.5 Å². The van der Waals surface area contributed by atoms with E-state index in [9.17, 15) is 0 Å². The lowest BCUT2D eigenvalue weighted by Gasteiger charge is -2.28. The van der Waals surface area contributed by atoms with E-state index >= 15 is 0 Å². The number of benzene rings is 3. The minimum absolute atomic E-state index is 0.400. The van der Waals surface area contributed by atoms with Crippen LogP contribution in [-0.4, -0.2) is 12.6 Å². The molecular formula is C28H30ClNS2. The zero-order valence-corrected chi connectivity index (χ0v) is 20.7. The molecule has 3 aromatic rings. The number of halogens is 1. The molecule has 32 heavy (non-hydrogen) atoms. The van der Waals surface area contributed by atoms with Crippen molar-refractivity contribution in [3.8, 4) is 0 Å². The molecule has 0 saturated heterocycles. The molecule has 0 unspecified atom stereocenters. The zero-order valence-electron chi connectivity index (χ0n) is 18.3. The lowest BCUT2D eigenvalue weighted by Crippen LogP contribution is -2.33. The molecule has 166 valence electrons. The highest BCUT2D eigenvalue weighted by Gasteiger charge is 2.27. The van der Waals surface area contributed by atoms with Gasteiger partial charge in [-0.15, -0.1) is 11.8 Å². The van der Waals surface area contributed by atoms with Gasteiger partial charge >= 0.3 is 0 Å². The molecule has 5 rings (SSSR count). The van der Waals surface area contributed by atoms with E-state index in [2.05, 4.69) is 83.8 Å². The van der Waals surface area contributed by atoms with Gasteiger partial charge in [-0.25, -0.2) is 0 Å². The summed E-state index contributed by atoms with van der Waals surface area (Å²) < 4.78 is 0. The largest absolute Gasteiger partial charge is 0.313 e. The molecular weight excluding hydrogens is 450 g/mol. The van der Waals surface area contributed by atoms with Crippen molar-refractivity contribution in [3.05, 3.63) is 94.5 Å². The molecule has 1 aliphatic carbocycles. The van der Waals surface area contributed by atoms with E-state index in [4.69, 9.17) is 11.6 Å². The maximum atomic E-state index is 6.40. The summed E-state index contributed by atoms with van der Waals surface area (Å²) in [5, 5.41) is 5.58. The fourth-order valence-corrected chi connectivity index (χ4v) is 7.81. The smallest absolute Gasteiger partial charge is 0.0428 e. The van der Waals surface area contributed by atoms with Crippen LogP contribution in [0.3, 0.4) is 0 Å². The molecule has 1 N–H and O–H groups in total. The van der Waals surface area contributed by atoms with Crippen molar-refractivity contribution < 1.29 is 0 Å². The number of fused-ring (bicyclic) bond motifs is 2. The Bertz CT molecular complexity index is 1030. The van der Waals surface area contributed by atoms with Gasteiger partial charge in [0.15, 0.2) is 0 Å². The van der Waals surface area contributed by atoms with Crippen LogP contribution in [0.1, 0.15) is 59.3 Å². The minimum Gasteiger partial charge on any atom is -0.313 e. The van der Waals surface area contributed by atoms with Gasteiger partial charge < -0.3 is 5.32 Å². The predicted molar refractivity (Wildman–Crippen MR) is 140 cm³/mol. The van der Waals surface area contributed by atoms with E-state index in [1.54, 1.807) is 0 Å². The minimum atomic E-state index is 0.400. The summed E-state index contributed by atoms with van der Waals surface area (Å²) >= 11 is 10.4. The normalized spacial score (nSPS) is 19.6.